The van der Waals surface area contributed by atoms with E-state index in [2.05, 4.69) is 15.9 Å². The van der Waals surface area contributed by atoms with Gasteiger partial charge in [0.2, 0.25) is 0 Å². The zero-order valence-corrected chi connectivity index (χ0v) is 9.91. The number of benzene rings is 1. The van der Waals surface area contributed by atoms with Crippen LogP contribution < -0.4 is 10.5 Å². The largest absolute Gasteiger partial charge is 0.492 e. The Morgan fingerprint density at radius 3 is 2.79 bits per heavy atom. The third-order valence-corrected chi connectivity index (χ3v) is 2.15. The highest BCUT2D eigenvalue weighted by Gasteiger charge is 2.01. The SMILES string of the molecule is Cl.NCCCOc1cc(F)ccc1Br. The topological polar surface area (TPSA) is 35.2 Å². The van der Waals surface area contributed by atoms with Gasteiger partial charge >= 0.3 is 0 Å². The van der Waals surface area contributed by atoms with E-state index in [0.717, 1.165) is 10.9 Å². The zero-order valence-electron chi connectivity index (χ0n) is 7.50. The first-order chi connectivity index (χ1) is 6.24. The van der Waals surface area contributed by atoms with E-state index in [1.807, 2.05) is 0 Å². The first-order valence-electron chi connectivity index (χ1n) is 4.02. The number of nitrogens with two attached hydrogens (primary N) is 1. The summed E-state index contributed by atoms with van der Waals surface area (Å²) in [5.74, 6) is 0.222. The summed E-state index contributed by atoms with van der Waals surface area (Å²) in [7, 11) is 0. The van der Waals surface area contributed by atoms with Crippen molar-refractivity contribution in [2.45, 2.75) is 6.42 Å². The molecule has 0 aliphatic carbocycles. The second-order valence-electron chi connectivity index (χ2n) is 2.57. The maximum atomic E-state index is 12.7. The minimum absolute atomic E-state index is 0. The molecule has 0 fully saturated rings. The van der Waals surface area contributed by atoms with Crippen LogP contribution in [0.15, 0.2) is 22.7 Å². The minimum Gasteiger partial charge on any atom is -0.492 e. The summed E-state index contributed by atoms with van der Waals surface area (Å²) in [6.45, 7) is 1.09. The van der Waals surface area contributed by atoms with Crippen LogP contribution in [0.3, 0.4) is 0 Å². The van der Waals surface area contributed by atoms with Crippen molar-refractivity contribution >= 4 is 28.3 Å². The summed E-state index contributed by atoms with van der Waals surface area (Å²) in [5, 5.41) is 0. The number of hydrogen-bond donors (Lipinski definition) is 1. The average molecular weight is 285 g/mol. The monoisotopic (exact) mass is 283 g/mol. The van der Waals surface area contributed by atoms with Crippen LogP contribution in [0.4, 0.5) is 4.39 Å². The van der Waals surface area contributed by atoms with Gasteiger partial charge in [0, 0.05) is 6.07 Å². The number of hydrogen-bond acceptors (Lipinski definition) is 2. The second-order valence-corrected chi connectivity index (χ2v) is 3.42. The van der Waals surface area contributed by atoms with E-state index in [9.17, 15) is 4.39 Å². The van der Waals surface area contributed by atoms with Crippen molar-refractivity contribution in [3.63, 3.8) is 0 Å². The molecule has 1 aromatic rings. The number of ether oxygens (including phenoxy) is 1. The van der Waals surface area contributed by atoms with Gasteiger partial charge < -0.3 is 10.5 Å². The summed E-state index contributed by atoms with van der Waals surface area (Å²) in [4.78, 5) is 0. The Bertz CT molecular complexity index is 286. The predicted octanol–water partition coefficient (Wildman–Crippen LogP) is 2.74. The molecule has 0 atom stereocenters. The smallest absolute Gasteiger partial charge is 0.136 e. The van der Waals surface area contributed by atoms with Crippen molar-refractivity contribution < 1.29 is 9.13 Å². The Morgan fingerprint density at radius 1 is 1.43 bits per heavy atom. The molecule has 2 N–H and O–H groups in total. The summed E-state index contributed by atoms with van der Waals surface area (Å²) < 4.78 is 18.8. The molecule has 0 aliphatic rings. The standard InChI is InChI=1S/C9H11BrFNO.ClH/c10-8-3-2-7(11)6-9(8)13-5-1-4-12;/h2-3,6H,1,4-5,12H2;1H. The first kappa shape index (κ1) is 13.7. The molecule has 0 saturated carbocycles. The molecule has 0 aromatic heterocycles. The van der Waals surface area contributed by atoms with E-state index in [1.165, 1.54) is 12.1 Å². The summed E-state index contributed by atoms with van der Waals surface area (Å²) in [6.07, 6.45) is 0.767. The van der Waals surface area contributed by atoms with Gasteiger partial charge in [-0.1, -0.05) is 0 Å². The van der Waals surface area contributed by atoms with E-state index in [1.54, 1.807) is 6.07 Å². The molecular formula is C9H12BrClFNO. The van der Waals surface area contributed by atoms with Crippen LogP contribution in [0.5, 0.6) is 5.75 Å². The second kappa shape index (κ2) is 7.04. The maximum absolute atomic E-state index is 12.7. The lowest BCUT2D eigenvalue weighted by Gasteiger charge is -2.06. The molecule has 14 heavy (non-hydrogen) atoms. The van der Waals surface area contributed by atoms with E-state index >= 15 is 0 Å². The van der Waals surface area contributed by atoms with Crippen molar-refractivity contribution in [3.8, 4) is 5.75 Å². The third kappa shape index (κ3) is 4.26. The number of rotatable bonds is 4. The van der Waals surface area contributed by atoms with Crippen LogP contribution in [0, 0.1) is 5.82 Å². The maximum Gasteiger partial charge on any atom is 0.136 e. The fraction of sp³-hybridized carbons (Fsp3) is 0.333. The van der Waals surface area contributed by atoms with Crippen LogP contribution in [-0.4, -0.2) is 13.2 Å². The molecule has 80 valence electrons. The van der Waals surface area contributed by atoms with Gasteiger partial charge in [0.1, 0.15) is 11.6 Å². The fourth-order valence-corrected chi connectivity index (χ4v) is 1.21. The van der Waals surface area contributed by atoms with Gasteiger partial charge in [-0.15, -0.1) is 12.4 Å². The van der Waals surface area contributed by atoms with Gasteiger partial charge in [-0.25, -0.2) is 4.39 Å². The third-order valence-electron chi connectivity index (χ3n) is 1.50. The Balaban J connectivity index is 0.00000169. The van der Waals surface area contributed by atoms with E-state index in [4.69, 9.17) is 10.5 Å². The zero-order chi connectivity index (χ0) is 9.68. The Labute approximate surface area is 97.2 Å². The van der Waals surface area contributed by atoms with Gasteiger partial charge in [-0.3, -0.25) is 0 Å². The van der Waals surface area contributed by atoms with Crippen LogP contribution in [-0.2, 0) is 0 Å². The summed E-state index contributed by atoms with van der Waals surface area (Å²) in [5.41, 5.74) is 5.29. The van der Waals surface area contributed by atoms with E-state index in [-0.39, 0.29) is 18.2 Å². The molecule has 0 heterocycles. The molecule has 0 radical (unpaired) electrons. The van der Waals surface area contributed by atoms with Crippen LogP contribution in [0.1, 0.15) is 6.42 Å². The van der Waals surface area contributed by atoms with Crippen molar-refractivity contribution in [1.82, 2.24) is 0 Å². The molecule has 0 amide bonds. The van der Waals surface area contributed by atoms with Gasteiger partial charge in [0.15, 0.2) is 0 Å². The van der Waals surface area contributed by atoms with Crippen molar-refractivity contribution in [1.29, 1.82) is 0 Å². The molecule has 2 nitrogen and oxygen atoms in total. The molecule has 0 bridgehead atoms. The normalized spacial score (nSPS) is 9.36. The van der Waals surface area contributed by atoms with E-state index < -0.39 is 0 Å². The molecule has 0 unspecified atom stereocenters. The van der Waals surface area contributed by atoms with Crippen molar-refractivity contribution in [2.75, 3.05) is 13.2 Å². The van der Waals surface area contributed by atoms with Crippen molar-refractivity contribution in [2.24, 2.45) is 5.73 Å². The Hall–Kier alpha value is -0.320. The molecule has 0 aliphatic heterocycles. The lowest BCUT2D eigenvalue weighted by molar-refractivity contribution is 0.310. The predicted molar refractivity (Wildman–Crippen MR) is 60.5 cm³/mol. The molecule has 1 rings (SSSR count). The fourth-order valence-electron chi connectivity index (χ4n) is 0.853. The average Bonchev–Trinajstić information content (AvgIpc) is 2.11. The summed E-state index contributed by atoms with van der Waals surface area (Å²) >= 11 is 3.26. The lowest BCUT2D eigenvalue weighted by Crippen LogP contribution is -2.06. The van der Waals surface area contributed by atoms with Crippen LogP contribution >= 0.6 is 28.3 Å². The lowest BCUT2D eigenvalue weighted by atomic mass is 10.3. The molecule has 0 spiro atoms. The van der Waals surface area contributed by atoms with Gasteiger partial charge in [-0.05, 0) is 41.0 Å². The van der Waals surface area contributed by atoms with Gasteiger partial charge in [0.25, 0.3) is 0 Å². The van der Waals surface area contributed by atoms with Crippen molar-refractivity contribution in [3.05, 3.63) is 28.5 Å². The van der Waals surface area contributed by atoms with Gasteiger partial charge in [-0.2, -0.15) is 0 Å². The Morgan fingerprint density at radius 2 is 2.14 bits per heavy atom. The number of halogens is 3. The highest BCUT2D eigenvalue weighted by molar-refractivity contribution is 9.10. The highest BCUT2D eigenvalue weighted by Crippen LogP contribution is 2.25. The van der Waals surface area contributed by atoms with Gasteiger partial charge in [0.05, 0.1) is 11.1 Å². The minimum atomic E-state index is -0.300. The molecule has 1 aromatic carbocycles. The Kier molecular flexibility index (Phi) is 6.87. The molecular weight excluding hydrogens is 272 g/mol. The highest BCUT2D eigenvalue weighted by atomic mass is 79.9. The first-order valence-corrected chi connectivity index (χ1v) is 4.81. The van der Waals surface area contributed by atoms with E-state index in [0.29, 0.717) is 18.9 Å². The quantitative estimate of drug-likeness (QED) is 0.863. The summed E-state index contributed by atoms with van der Waals surface area (Å²) in [6, 6.07) is 4.34. The van der Waals surface area contributed by atoms with Crippen LogP contribution in [0.2, 0.25) is 0 Å². The molecule has 0 saturated heterocycles. The van der Waals surface area contributed by atoms with Crippen LogP contribution in [0.25, 0.3) is 0 Å². The molecule has 5 heteroatoms.